The molecular formula is C16H17N3O3S. The van der Waals surface area contributed by atoms with E-state index in [-0.39, 0.29) is 6.04 Å². The highest BCUT2D eigenvalue weighted by Gasteiger charge is 2.29. The Morgan fingerprint density at radius 2 is 2.00 bits per heavy atom. The smallest absolute Gasteiger partial charge is 0.407 e. The van der Waals surface area contributed by atoms with Gasteiger partial charge in [0, 0.05) is 23.1 Å². The number of thiazole rings is 1. The van der Waals surface area contributed by atoms with E-state index in [0.717, 1.165) is 35.5 Å². The number of primary amides is 1. The van der Waals surface area contributed by atoms with Gasteiger partial charge >= 0.3 is 6.09 Å². The highest BCUT2D eigenvalue weighted by atomic mass is 32.1. The Hall–Kier alpha value is -2.41. The molecule has 0 spiro atoms. The number of rotatable bonds is 3. The second-order valence-electron chi connectivity index (χ2n) is 5.51. The van der Waals surface area contributed by atoms with Gasteiger partial charge in [-0.05, 0) is 31.4 Å². The Morgan fingerprint density at radius 3 is 2.65 bits per heavy atom. The van der Waals surface area contributed by atoms with Gasteiger partial charge in [-0.3, -0.25) is 9.69 Å². The number of likely N-dealkylation sites (tertiary alicyclic amines) is 1. The number of nitrogens with two attached hydrogens (primary N) is 1. The first kappa shape index (κ1) is 15.5. The summed E-state index contributed by atoms with van der Waals surface area (Å²) in [6, 6.07) is 6.78. The summed E-state index contributed by atoms with van der Waals surface area (Å²) in [7, 11) is 0. The first-order valence-electron chi connectivity index (χ1n) is 7.41. The fourth-order valence-electron chi connectivity index (χ4n) is 2.82. The van der Waals surface area contributed by atoms with Crippen molar-refractivity contribution in [2.75, 3.05) is 6.54 Å². The number of nitrogens with zero attached hydrogens (tertiary/aromatic N) is 2. The number of amides is 2. The lowest BCUT2D eigenvalue weighted by Gasteiger charge is -2.32. The first-order chi connectivity index (χ1) is 11.1. The van der Waals surface area contributed by atoms with E-state index in [2.05, 4.69) is 4.98 Å². The Kier molecular flexibility index (Phi) is 4.29. The average molecular weight is 331 g/mol. The minimum Gasteiger partial charge on any atom is -0.465 e. The molecule has 1 fully saturated rings. The van der Waals surface area contributed by atoms with E-state index in [1.54, 1.807) is 24.3 Å². The van der Waals surface area contributed by atoms with Crippen molar-refractivity contribution in [2.45, 2.75) is 25.3 Å². The van der Waals surface area contributed by atoms with Crippen molar-refractivity contribution < 1.29 is 14.7 Å². The van der Waals surface area contributed by atoms with E-state index >= 15 is 0 Å². The lowest BCUT2D eigenvalue weighted by Crippen LogP contribution is -2.37. The van der Waals surface area contributed by atoms with Crippen LogP contribution in [0.5, 0.6) is 0 Å². The summed E-state index contributed by atoms with van der Waals surface area (Å²) in [5.74, 6) is -0.462. The lowest BCUT2D eigenvalue weighted by atomic mass is 10.0. The molecule has 2 amide bonds. The fourth-order valence-corrected chi connectivity index (χ4v) is 3.69. The van der Waals surface area contributed by atoms with Crippen LogP contribution in [0.4, 0.5) is 4.79 Å². The van der Waals surface area contributed by atoms with Crippen LogP contribution >= 0.6 is 11.3 Å². The molecule has 0 unspecified atom stereocenters. The number of hydrogen-bond donors (Lipinski definition) is 2. The zero-order chi connectivity index (χ0) is 16.4. The third kappa shape index (κ3) is 3.19. The predicted octanol–water partition coefficient (Wildman–Crippen LogP) is 3.11. The van der Waals surface area contributed by atoms with Gasteiger partial charge in [0.2, 0.25) is 5.91 Å². The summed E-state index contributed by atoms with van der Waals surface area (Å²) in [4.78, 5) is 28.6. The number of carbonyl (C=O) groups is 2. The standard InChI is InChI=1S/C16H17N3O3S/c17-14(20)10-4-6-11(7-5-10)15-18-12(9-23-15)13-3-1-2-8-19(13)16(21)22/h4-7,9,13H,1-3,8H2,(H2,17,20)(H,21,22)/t13-/m1/s1. The summed E-state index contributed by atoms with van der Waals surface area (Å²) in [6.45, 7) is 0.556. The summed E-state index contributed by atoms with van der Waals surface area (Å²) in [5, 5.41) is 12.1. The molecule has 1 aliphatic heterocycles. The molecule has 1 saturated heterocycles. The molecule has 120 valence electrons. The molecule has 3 rings (SSSR count). The Bertz CT molecular complexity index is 726. The molecule has 2 heterocycles. The monoisotopic (exact) mass is 331 g/mol. The molecule has 0 aliphatic carbocycles. The molecule has 0 radical (unpaired) electrons. The molecule has 23 heavy (non-hydrogen) atoms. The topological polar surface area (TPSA) is 96.5 Å². The van der Waals surface area contributed by atoms with Crippen LogP contribution in [0.3, 0.4) is 0 Å². The van der Waals surface area contributed by atoms with Crippen molar-refractivity contribution in [1.29, 1.82) is 0 Å². The van der Waals surface area contributed by atoms with Crippen molar-refractivity contribution in [1.82, 2.24) is 9.88 Å². The summed E-state index contributed by atoms with van der Waals surface area (Å²) in [5.41, 5.74) is 7.38. The van der Waals surface area contributed by atoms with Crippen LogP contribution in [-0.4, -0.2) is 33.5 Å². The Labute approximate surface area is 137 Å². The van der Waals surface area contributed by atoms with Gasteiger partial charge in [-0.15, -0.1) is 11.3 Å². The maximum absolute atomic E-state index is 11.4. The highest BCUT2D eigenvalue weighted by Crippen LogP contribution is 2.34. The molecule has 1 atom stereocenters. The second-order valence-corrected chi connectivity index (χ2v) is 6.36. The van der Waals surface area contributed by atoms with Gasteiger partial charge in [0.15, 0.2) is 0 Å². The summed E-state index contributed by atoms with van der Waals surface area (Å²) < 4.78 is 0. The fraction of sp³-hybridized carbons (Fsp3) is 0.312. The van der Waals surface area contributed by atoms with E-state index in [9.17, 15) is 14.7 Å². The normalized spacial score (nSPS) is 17.9. The van der Waals surface area contributed by atoms with E-state index in [0.29, 0.717) is 12.1 Å². The van der Waals surface area contributed by atoms with Gasteiger partial charge in [0.25, 0.3) is 0 Å². The van der Waals surface area contributed by atoms with E-state index in [1.165, 1.54) is 16.2 Å². The van der Waals surface area contributed by atoms with Gasteiger partial charge in [-0.1, -0.05) is 12.1 Å². The van der Waals surface area contributed by atoms with E-state index in [1.807, 2.05) is 5.38 Å². The van der Waals surface area contributed by atoms with Gasteiger partial charge in [-0.25, -0.2) is 9.78 Å². The van der Waals surface area contributed by atoms with Crippen LogP contribution in [-0.2, 0) is 0 Å². The van der Waals surface area contributed by atoms with Crippen molar-refractivity contribution >= 4 is 23.3 Å². The van der Waals surface area contributed by atoms with Gasteiger partial charge in [0.1, 0.15) is 5.01 Å². The molecule has 6 nitrogen and oxygen atoms in total. The van der Waals surface area contributed by atoms with Crippen molar-refractivity contribution in [3.8, 4) is 10.6 Å². The number of carbonyl (C=O) groups excluding carboxylic acids is 1. The van der Waals surface area contributed by atoms with Crippen LogP contribution < -0.4 is 5.73 Å². The molecule has 1 aromatic heterocycles. The van der Waals surface area contributed by atoms with Crippen molar-refractivity contribution in [2.24, 2.45) is 5.73 Å². The van der Waals surface area contributed by atoms with Crippen LogP contribution in [0.25, 0.3) is 10.6 Å². The van der Waals surface area contributed by atoms with Gasteiger partial charge < -0.3 is 10.8 Å². The first-order valence-corrected chi connectivity index (χ1v) is 8.29. The lowest BCUT2D eigenvalue weighted by molar-refractivity contribution is 0.0999. The van der Waals surface area contributed by atoms with Gasteiger partial charge in [-0.2, -0.15) is 0 Å². The zero-order valence-electron chi connectivity index (χ0n) is 12.4. The minimum atomic E-state index is -0.893. The Balaban J connectivity index is 1.84. The highest BCUT2D eigenvalue weighted by molar-refractivity contribution is 7.13. The van der Waals surface area contributed by atoms with Crippen molar-refractivity contribution in [3.05, 3.63) is 40.9 Å². The average Bonchev–Trinajstić information content (AvgIpc) is 3.04. The number of benzene rings is 1. The van der Waals surface area contributed by atoms with E-state index < -0.39 is 12.0 Å². The quantitative estimate of drug-likeness (QED) is 0.903. The predicted molar refractivity (Wildman–Crippen MR) is 87.4 cm³/mol. The minimum absolute atomic E-state index is 0.170. The van der Waals surface area contributed by atoms with Crippen LogP contribution in [0.1, 0.15) is 41.4 Å². The van der Waals surface area contributed by atoms with Crippen LogP contribution in [0, 0.1) is 0 Å². The largest absolute Gasteiger partial charge is 0.465 e. The molecule has 0 saturated carbocycles. The maximum atomic E-state index is 11.4. The molecule has 3 N–H and O–H groups in total. The van der Waals surface area contributed by atoms with E-state index in [4.69, 9.17) is 5.73 Å². The third-order valence-electron chi connectivity index (χ3n) is 4.03. The van der Waals surface area contributed by atoms with Gasteiger partial charge in [0.05, 0.1) is 11.7 Å². The number of aromatic nitrogens is 1. The number of hydrogen-bond acceptors (Lipinski definition) is 4. The molecular weight excluding hydrogens is 314 g/mol. The third-order valence-corrected chi connectivity index (χ3v) is 4.94. The second kappa shape index (κ2) is 6.37. The molecule has 2 aromatic rings. The summed E-state index contributed by atoms with van der Waals surface area (Å²) >= 11 is 1.48. The zero-order valence-corrected chi connectivity index (χ0v) is 13.3. The van der Waals surface area contributed by atoms with Crippen LogP contribution in [0.2, 0.25) is 0 Å². The number of piperidine rings is 1. The molecule has 1 aliphatic rings. The SMILES string of the molecule is NC(=O)c1ccc(-c2nc([C@H]3CCCCN3C(=O)O)cs2)cc1. The molecule has 1 aromatic carbocycles. The maximum Gasteiger partial charge on any atom is 0.407 e. The molecule has 0 bridgehead atoms. The van der Waals surface area contributed by atoms with Crippen molar-refractivity contribution in [3.63, 3.8) is 0 Å². The Morgan fingerprint density at radius 1 is 1.26 bits per heavy atom. The summed E-state index contributed by atoms with van der Waals surface area (Å²) in [6.07, 6.45) is 1.81. The molecule has 7 heteroatoms. The number of carboxylic acid groups (broad SMARTS) is 1. The van der Waals surface area contributed by atoms with Crippen LogP contribution in [0.15, 0.2) is 29.6 Å².